The summed E-state index contributed by atoms with van der Waals surface area (Å²) in [4.78, 5) is 3.01. The van der Waals surface area contributed by atoms with Crippen molar-refractivity contribution in [1.82, 2.24) is 4.98 Å². The normalized spacial score (nSPS) is 11.6. The van der Waals surface area contributed by atoms with Gasteiger partial charge in [-0.3, -0.25) is 0 Å². The van der Waals surface area contributed by atoms with Crippen molar-refractivity contribution in [2.75, 3.05) is 0 Å². The Morgan fingerprint density at radius 1 is 1.41 bits per heavy atom. The standard InChI is InChI=1S/C9H4BrF5N2/c10-2-4-1-5(3-16)17-7(8(11)12)6(4)9(13,14)15/h1,8H,2H2. The molecule has 0 aliphatic rings. The lowest BCUT2D eigenvalue weighted by molar-refractivity contribution is -0.140. The minimum absolute atomic E-state index is 0.293. The summed E-state index contributed by atoms with van der Waals surface area (Å²) in [5.41, 5.74) is -3.79. The summed E-state index contributed by atoms with van der Waals surface area (Å²) in [6.45, 7) is 0. The summed E-state index contributed by atoms with van der Waals surface area (Å²) in [6.07, 6.45) is -8.33. The summed E-state index contributed by atoms with van der Waals surface area (Å²) >= 11 is 2.77. The van der Waals surface area contributed by atoms with Crippen LogP contribution in [0.2, 0.25) is 0 Å². The van der Waals surface area contributed by atoms with Crippen LogP contribution in [0.3, 0.4) is 0 Å². The van der Waals surface area contributed by atoms with Crippen molar-refractivity contribution >= 4 is 15.9 Å². The number of rotatable bonds is 2. The maximum absolute atomic E-state index is 12.6. The van der Waals surface area contributed by atoms with Gasteiger partial charge in [-0.1, -0.05) is 15.9 Å². The summed E-state index contributed by atoms with van der Waals surface area (Å²) in [6, 6.07) is 2.28. The van der Waals surface area contributed by atoms with E-state index in [1.807, 2.05) is 0 Å². The van der Waals surface area contributed by atoms with Gasteiger partial charge >= 0.3 is 6.18 Å². The molecule has 0 fully saturated rings. The number of alkyl halides is 6. The number of halogens is 6. The summed E-state index contributed by atoms with van der Waals surface area (Å²) in [5.74, 6) is 0. The van der Waals surface area contributed by atoms with Crippen LogP contribution in [0.15, 0.2) is 6.07 Å². The van der Waals surface area contributed by atoms with E-state index in [1.165, 1.54) is 6.07 Å². The van der Waals surface area contributed by atoms with Gasteiger partial charge in [-0.15, -0.1) is 0 Å². The molecule has 1 aromatic rings. The smallest absolute Gasteiger partial charge is 0.235 e. The van der Waals surface area contributed by atoms with Gasteiger partial charge in [0, 0.05) is 5.33 Å². The third-order valence-corrected chi connectivity index (χ3v) is 2.48. The third-order valence-electron chi connectivity index (χ3n) is 1.88. The fraction of sp³-hybridized carbons (Fsp3) is 0.333. The van der Waals surface area contributed by atoms with E-state index in [-0.39, 0.29) is 5.33 Å². The average Bonchev–Trinajstić information content (AvgIpc) is 2.25. The highest BCUT2D eigenvalue weighted by Crippen LogP contribution is 2.38. The molecule has 0 atom stereocenters. The van der Waals surface area contributed by atoms with Crippen molar-refractivity contribution in [2.45, 2.75) is 17.9 Å². The zero-order valence-electron chi connectivity index (χ0n) is 8.02. The van der Waals surface area contributed by atoms with Gasteiger partial charge in [0.05, 0.1) is 5.56 Å². The average molecular weight is 315 g/mol. The summed E-state index contributed by atoms with van der Waals surface area (Å²) < 4.78 is 62.9. The number of aromatic nitrogens is 1. The molecule has 8 heteroatoms. The van der Waals surface area contributed by atoms with Crippen LogP contribution < -0.4 is 0 Å². The Balaban J connectivity index is 3.60. The van der Waals surface area contributed by atoms with E-state index < -0.39 is 35.1 Å². The maximum atomic E-state index is 12.6. The van der Waals surface area contributed by atoms with Crippen molar-refractivity contribution < 1.29 is 22.0 Å². The predicted octanol–water partition coefficient (Wildman–Crippen LogP) is 3.80. The van der Waals surface area contributed by atoms with E-state index in [2.05, 4.69) is 20.9 Å². The molecule has 17 heavy (non-hydrogen) atoms. The highest BCUT2D eigenvalue weighted by molar-refractivity contribution is 9.08. The van der Waals surface area contributed by atoms with E-state index in [9.17, 15) is 22.0 Å². The lowest BCUT2D eigenvalue weighted by Gasteiger charge is -2.15. The fourth-order valence-corrected chi connectivity index (χ4v) is 1.71. The first-order valence-corrected chi connectivity index (χ1v) is 5.28. The number of hydrogen-bond donors (Lipinski definition) is 0. The van der Waals surface area contributed by atoms with Gasteiger partial charge in [0.1, 0.15) is 17.5 Å². The molecule has 0 aromatic carbocycles. The first-order valence-electron chi connectivity index (χ1n) is 4.16. The molecule has 0 saturated carbocycles. The second-order valence-electron chi connectivity index (χ2n) is 2.97. The summed E-state index contributed by atoms with van der Waals surface area (Å²) in [7, 11) is 0. The Morgan fingerprint density at radius 3 is 2.35 bits per heavy atom. The van der Waals surface area contributed by atoms with Gasteiger partial charge in [0.2, 0.25) is 0 Å². The molecule has 0 aliphatic carbocycles. The molecule has 0 aliphatic heterocycles. The van der Waals surface area contributed by atoms with Gasteiger partial charge in [-0.25, -0.2) is 13.8 Å². The Kier molecular flexibility index (Phi) is 4.03. The van der Waals surface area contributed by atoms with E-state index in [0.29, 0.717) is 0 Å². The van der Waals surface area contributed by atoms with Crippen molar-refractivity contribution in [3.05, 3.63) is 28.6 Å². The van der Waals surface area contributed by atoms with E-state index in [1.54, 1.807) is 0 Å². The van der Waals surface area contributed by atoms with Crippen LogP contribution in [-0.2, 0) is 11.5 Å². The Hall–Kier alpha value is -1.23. The third kappa shape index (κ3) is 2.91. The van der Waals surface area contributed by atoms with Crippen LogP contribution in [0.5, 0.6) is 0 Å². The molecule has 0 unspecified atom stereocenters. The van der Waals surface area contributed by atoms with Crippen LogP contribution in [0.4, 0.5) is 22.0 Å². The van der Waals surface area contributed by atoms with Crippen molar-refractivity contribution in [3.63, 3.8) is 0 Å². The van der Waals surface area contributed by atoms with Crippen molar-refractivity contribution in [3.8, 4) is 6.07 Å². The predicted molar refractivity (Wildman–Crippen MR) is 51.5 cm³/mol. The summed E-state index contributed by atoms with van der Waals surface area (Å²) in [5, 5.41) is 8.21. The quantitative estimate of drug-likeness (QED) is 0.615. The minimum atomic E-state index is -4.93. The molecule has 0 saturated heterocycles. The molecule has 1 aromatic heterocycles. The second-order valence-corrected chi connectivity index (χ2v) is 3.53. The Bertz CT molecular complexity index is 464. The lowest BCUT2D eigenvalue weighted by Crippen LogP contribution is -2.15. The monoisotopic (exact) mass is 314 g/mol. The van der Waals surface area contributed by atoms with Gasteiger partial charge in [0.15, 0.2) is 0 Å². The lowest BCUT2D eigenvalue weighted by atomic mass is 10.1. The Morgan fingerprint density at radius 2 is 2.00 bits per heavy atom. The largest absolute Gasteiger partial charge is 0.418 e. The second kappa shape index (κ2) is 4.96. The van der Waals surface area contributed by atoms with Crippen LogP contribution in [0.25, 0.3) is 0 Å². The SMILES string of the molecule is N#Cc1cc(CBr)c(C(F)(F)F)c(C(F)F)n1. The van der Waals surface area contributed by atoms with Crippen LogP contribution in [0.1, 0.15) is 28.9 Å². The van der Waals surface area contributed by atoms with Crippen molar-refractivity contribution in [2.24, 2.45) is 0 Å². The van der Waals surface area contributed by atoms with Crippen LogP contribution >= 0.6 is 15.9 Å². The molecule has 0 N–H and O–H groups in total. The first-order chi connectivity index (χ1) is 7.81. The number of nitriles is 1. The molecule has 1 rings (SSSR count). The number of pyridine rings is 1. The molecule has 0 spiro atoms. The minimum Gasteiger partial charge on any atom is -0.235 e. The van der Waals surface area contributed by atoms with Crippen molar-refractivity contribution in [1.29, 1.82) is 5.26 Å². The molecular formula is C9H4BrF5N2. The van der Waals surface area contributed by atoms with Gasteiger partial charge in [-0.2, -0.15) is 18.4 Å². The molecule has 1 heterocycles. The first kappa shape index (κ1) is 13.8. The zero-order valence-corrected chi connectivity index (χ0v) is 9.61. The van der Waals surface area contributed by atoms with E-state index >= 15 is 0 Å². The van der Waals surface area contributed by atoms with Crippen LogP contribution in [0, 0.1) is 11.3 Å². The van der Waals surface area contributed by atoms with E-state index in [0.717, 1.165) is 6.07 Å². The number of hydrogen-bond acceptors (Lipinski definition) is 2. The molecule has 2 nitrogen and oxygen atoms in total. The topological polar surface area (TPSA) is 36.7 Å². The molecule has 0 radical (unpaired) electrons. The van der Waals surface area contributed by atoms with Gasteiger partial charge in [-0.05, 0) is 11.6 Å². The fourth-order valence-electron chi connectivity index (χ4n) is 1.27. The number of nitrogens with zero attached hydrogens (tertiary/aromatic N) is 2. The van der Waals surface area contributed by atoms with Gasteiger partial charge < -0.3 is 0 Å². The molecule has 0 bridgehead atoms. The maximum Gasteiger partial charge on any atom is 0.418 e. The zero-order chi connectivity index (χ0) is 13.2. The highest BCUT2D eigenvalue weighted by Gasteiger charge is 2.39. The molecule has 92 valence electrons. The van der Waals surface area contributed by atoms with Crippen LogP contribution in [-0.4, -0.2) is 4.98 Å². The molecular weight excluding hydrogens is 311 g/mol. The van der Waals surface area contributed by atoms with E-state index in [4.69, 9.17) is 5.26 Å². The molecule has 0 amide bonds. The van der Waals surface area contributed by atoms with Gasteiger partial charge in [0.25, 0.3) is 6.43 Å². The highest BCUT2D eigenvalue weighted by atomic mass is 79.9. The Labute approximate surface area is 101 Å².